The third-order valence-corrected chi connectivity index (χ3v) is 3.06. The number of anilines is 1. The summed E-state index contributed by atoms with van der Waals surface area (Å²) in [4.78, 5) is 11.9. The fraction of sp³-hybridized carbons (Fsp3) is 0.176. The minimum atomic E-state index is -0.640. The number of nitrogens with two attached hydrogens (primary N) is 1. The van der Waals surface area contributed by atoms with Crippen LogP contribution in [0.4, 0.5) is 5.69 Å². The summed E-state index contributed by atoms with van der Waals surface area (Å²) in [7, 11) is 0. The molecule has 3 N–H and O–H groups in total. The molecule has 1 unspecified atom stereocenters. The first kappa shape index (κ1) is 15.5. The van der Waals surface area contributed by atoms with Crippen molar-refractivity contribution >= 4 is 11.6 Å². The number of hydrogen-bond donors (Lipinski definition) is 2. The molecule has 1 amide bonds. The smallest absolute Gasteiger partial charge is 0.241 e. The highest BCUT2D eigenvalue weighted by Gasteiger charge is 2.13. The zero-order chi connectivity index (χ0) is 15.8. The quantitative estimate of drug-likeness (QED) is 0.855. The SMILES string of the molecule is N#Cc1ccc(OCCC(N)C(=O)Nc2ccccc2)cc1. The van der Waals surface area contributed by atoms with Gasteiger partial charge in [-0.2, -0.15) is 5.26 Å². The zero-order valence-corrected chi connectivity index (χ0v) is 12.0. The average molecular weight is 295 g/mol. The van der Waals surface area contributed by atoms with E-state index in [9.17, 15) is 4.79 Å². The van der Waals surface area contributed by atoms with Crippen molar-refractivity contribution in [3.63, 3.8) is 0 Å². The molecular formula is C17H17N3O2. The molecule has 0 aliphatic heterocycles. The number of nitrogens with one attached hydrogen (secondary N) is 1. The van der Waals surface area contributed by atoms with Gasteiger partial charge in [0, 0.05) is 12.1 Å². The first-order valence-corrected chi connectivity index (χ1v) is 6.93. The maximum atomic E-state index is 11.9. The van der Waals surface area contributed by atoms with Crippen LogP contribution in [-0.4, -0.2) is 18.6 Å². The van der Waals surface area contributed by atoms with E-state index in [0.717, 1.165) is 5.69 Å². The standard InChI is InChI=1S/C17H17N3O2/c18-12-13-6-8-15(9-7-13)22-11-10-16(19)17(21)20-14-4-2-1-3-5-14/h1-9,16H,10-11,19H2,(H,20,21). The lowest BCUT2D eigenvalue weighted by Crippen LogP contribution is -2.36. The number of para-hydroxylation sites is 1. The van der Waals surface area contributed by atoms with Crippen molar-refractivity contribution in [2.75, 3.05) is 11.9 Å². The van der Waals surface area contributed by atoms with Crippen LogP contribution in [0.3, 0.4) is 0 Å². The Balaban J connectivity index is 1.76. The Morgan fingerprint density at radius 3 is 2.50 bits per heavy atom. The van der Waals surface area contributed by atoms with E-state index in [4.69, 9.17) is 15.7 Å². The number of carbonyl (C=O) groups excluding carboxylic acids is 1. The molecule has 0 bridgehead atoms. The van der Waals surface area contributed by atoms with Crippen LogP contribution in [0, 0.1) is 11.3 Å². The molecular weight excluding hydrogens is 278 g/mol. The molecule has 2 aromatic carbocycles. The van der Waals surface area contributed by atoms with Gasteiger partial charge >= 0.3 is 0 Å². The highest BCUT2D eigenvalue weighted by Crippen LogP contribution is 2.12. The molecule has 0 radical (unpaired) electrons. The molecule has 0 spiro atoms. The normalized spacial score (nSPS) is 11.3. The molecule has 0 aromatic heterocycles. The lowest BCUT2D eigenvalue weighted by atomic mass is 10.2. The minimum absolute atomic E-state index is 0.241. The van der Waals surface area contributed by atoms with Crippen molar-refractivity contribution in [3.05, 3.63) is 60.2 Å². The van der Waals surface area contributed by atoms with Crippen molar-refractivity contribution in [2.45, 2.75) is 12.5 Å². The number of benzene rings is 2. The van der Waals surface area contributed by atoms with Gasteiger partial charge in [-0.25, -0.2) is 0 Å². The second-order valence-electron chi connectivity index (χ2n) is 4.74. The van der Waals surface area contributed by atoms with Gasteiger partial charge < -0.3 is 15.8 Å². The van der Waals surface area contributed by atoms with E-state index in [1.807, 2.05) is 24.3 Å². The van der Waals surface area contributed by atoms with E-state index in [1.165, 1.54) is 0 Å². The molecule has 0 saturated heterocycles. The number of carbonyl (C=O) groups is 1. The van der Waals surface area contributed by atoms with Crippen LogP contribution in [0.1, 0.15) is 12.0 Å². The Morgan fingerprint density at radius 2 is 1.86 bits per heavy atom. The summed E-state index contributed by atoms with van der Waals surface area (Å²) in [5.41, 5.74) is 7.13. The molecule has 0 saturated carbocycles. The topological polar surface area (TPSA) is 88.1 Å². The number of nitrogens with zero attached hydrogens (tertiary/aromatic N) is 1. The van der Waals surface area contributed by atoms with Gasteiger partial charge in [0.2, 0.25) is 5.91 Å². The van der Waals surface area contributed by atoms with Crippen LogP contribution < -0.4 is 15.8 Å². The number of hydrogen-bond acceptors (Lipinski definition) is 4. The van der Waals surface area contributed by atoms with Crippen LogP contribution >= 0.6 is 0 Å². The van der Waals surface area contributed by atoms with E-state index >= 15 is 0 Å². The minimum Gasteiger partial charge on any atom is -0.494 e. The summed E-state index contributed by atoms with van der Waals surface area (Å²) in [5, 5.41) is 11.5. The number of nitriles is 1. The summed E-state index contributed by atoms with van der Waals surface area (Å²) < 4.78 is 5.51. The first-order chi connectivity index (χ1) is 10.7. The van der Waals surface area contributed by atoms with Crippen molar-refractivity contribution in [1.29, 1.82) is 5.26 Å². The maximum Gasteiger partial charge on any atom is 0.241 e. The highest BCUT2D eigenvalue weighted by molar-refractivity contribution is 5.94. The van der Waals surface area contributed by atoms with Crippen LogP contribution in [-0.2, 0) is 4.79 Å². The van der Waals surface area contributed by atoms with Gasteiger partial charge in [0.05, 0.1) is 24.3 Å². The van der Waals surface area contributed by atoms with Gasteiger partial charge in [0.25, 0.3) is 0 Å². The van der Waals surface area contributed by atoms with Gasteiger partial charge in [-0.1, -0.05) is 18.2 Å². The second kappa shape index (κ2) is 7.81. The van der Waals surface area contributed by atoms with Gasteiger partial charge in [-0.15, -0.1) is 0 Å². The molecule has 2 rings (SSSR count). The van der Waals surface area contributed by atoms with Gasteiger partial charge in [0.1, 0.15) is 5.75 Å². The van der Waals surface area contributed by atoms with Crippen LogP contribution in [0.25, 0.3) is 0 Å². The third-order valence-electron chi connectivity index (χ3n) is 3.06. The third kappa shape index (κ3) is 4.62. The van der Waals surface area contributed by atoms with Crippen molar-refractivity contribution in [3.8, 4) is 11.8 Å². The Labute approximate surface area is 129 Å². The monoisotopic (exact) mass is 295 g/mol. The molecule has 1 atom stereocenters. The fourth-order valence-corrected chi connectivity index (χ4v) is 1.82. The van der Waals surface area contributed by atoms with E-state index in [1.54, 1.807) is 36.4 Å². The Hall–Kier alpha value is -2.84. The lowest BCUT2D eigenvalue weighted by Gasteiger charge is -2.13. The Kier molecular flexibility index (Phi) is 5.52. The Bertz CT molecular complexity index is 648. The van der Waals surface area contributed by atoms with E-state index in [-0.39, 0.29) is 5.91 Å². The summed E-state index contributed by atoms with van der Waals surface area (Å²) in [6.45, 7) is 0.329. The molecule has 0 fully saturated rings. The second-order valence-corrected chi connectivity index (χ2v) is 4.74. The molecule has 0 aliphatic carbocycles. The molecule has 2 aromatic rings. The summed E-state index contributed by atoms with van der Waals surface area (Å²) >= 11 is 0. The van der Waals surface area contributed by atoms with Gasteiger partial charge in [-0.05, 0) is 36.4 Å². The number of rotatable bonds is 6. The van der Waals surface area contributed by atoms with E-state index in [0.29, 0.717) is 24.3 Å². The summed E-state index contributed by atoms with van der Waals surface area (Å²) in [5.74, 6) is 0.407. The van der Waals surface area contributed by atoms with Crippen LogP contribution in [0.2, 0.25) is 0 Å². The highest BCUT2D eigenvalue weighted by atomic mass is 16.5. The summed E-state index contributed by atoms with van der Waals surface area (Å²) in [6.07, 6.45) is 0.401. The molecule has 112 valence electrons. The van der Waals surface area contributed by atoms with Crippen LogP contribution in [0.5, 0.6) is 5.75 Å². The molecule has 22 heavy (non-hydrogen) atoms. The number of ether oxygens (including phenoxy) is 1. The average Bonchev–Trinajstić information content (AvgIpc) is 2.56. The molecule has 5 heteroatoms. The number of amides is 1. The molecule has 0 heterocycles. The first-order valence-electron chi connectivity index (χ1n) is 6.93. The Morgan fingerprint density at radius 1 is 1.18 bits per heavy atom. The summed E-state index contributed by atoms with van der Waals surface area (Å²) in [6, 6.07) is 17.4. The maximum absolute atomic E-state index is 11.9. The van der Waals surface area contributed by atoms with E-state index in [2.05, 4.69) is 5.32 Å². The van der Waals surface area contributed by atoms with Crippen LogP contribution in [0.15, 0.2) is 54.6 Å². The largest absolute Gasteiger partial charge is 0.494 e. The van der Waals surface area contributed by atoms with Gasteiger partial charge in [-0.3, -0.25) is 4.79 Å². The predicted octanol–water partition coefficient (Wildman–Crippen LogP) is 2.29. The van der Waals surface area contributed by atoms with Crippen molar-refractivity contribution in [1.82, 2.24) is 0 Å². The van der Waals surface area contributed by atoms with Crippen molar-refractivity contribution in [2.24, 2.45) is 5.73 Å². The van der Waals surface area contributed by atoms with Crippen molar-refractivity contribution < 1.29 is 9.53 Å². The zero-order valence-electron chi connectivity index (χ0n) is 12.0. The van der Waals surface area contributed by atoms with Gasteiger partial charge in [0.15, 0.2) is 0 Å². The predicted molar refractivity (Wildman–Crippen MR) is 84.3 cm³/mol. The lowest BCUT2D eigenvalue weighted by molar-refractivity contribution is -0.117. The molecule has 5 nitrogen and oxygen atoms in total. The van der Waals surface area contributed by atoms with E-state index < -0.39 is 6.04 Å². The fourth-order valence-electron chi connectivity index (χ4n) is 1.82. The molecule has 0 aliphatic rings.